The van der Waals surface area contributed by atoms with Gasteiger partial charge in [0.1, 0.15) is 11.6 Å². The molecule has 0 radical (unpaired) electrons. The smallest absolute Gasteiger partial charge is 0.244 e. The van der Waals surface area contributed by atoms with E-state index in [9.17, 15) is 9.18 Å². The van der Waals surface area contributed by atoms with Crippen LogP contribution < -0.4 is 5.69 Å². The van der Waals surface area contributed by atoms with Gasteiger partial charge in [-0.15, -0.1) is 0 Å². The van der Waals surface area contributed by atoms with Crippen molar-refractivity contribution in [3.8, 4) is 5.69 Å². The second kappa shape index (κ2) is 3.10. The van der Waals surface area contributed by atoms with Gasteiger partial charge in [-0.3, -0.25) is 0 Å². The van der Waals surface area contributed by atoms with Gasteiger partial charge in [0.25, 0.3) is 0 Å². The Morgan fingerprint density at radius 1 is 1.36 bits per heavy atom. The molecular formula is C9H8FN3O. The van der Waals surface area contributed by atoms with Crippen LogP contribution in [0.1, 0.15) is 5.82 Å². The van der Waals surface area contributed by atoms with E-state index >= 15 is 0 Å². The lowest BCUT2D eigenvalue weighted by Crippen LogP contribution is -2.05. The minimum atomic E-state index is -0.410. The van der Waals surface area contributed by atoms with Gasteiger partial charge in [0.2, 0.25) is 0 Å². The number of halogens is 1. The summed E-state index contributed by atoms with van der Waals surface area (Å²) < 4.78 is 14.1. The average Bonchev–Trinajstić information content (AvgIpc) is 2.47. The van der Waals surface area contributed by atoms with Crippen LogP contribution in [0.3, 0.4) is 0 Å². The first-order chi connectivity index (χ1) is 6.66. The molecule has 1 aromatic carbocycles. The highest BCUT2D eigenvalue weighted by Gasteiger charge is 2.02. The van der Waals surface area contributed by atoms with Crippen molar-refractivity contribution in [2.24, 2.45) is 0 Å². The first-order valence-corrected chi connectivity index (χ1v) is 4.08. The van der Waals surface area contributed by atoms with Crippen molar-refractivity contribution in [3.05, 3.63) is 46.4 Å². The number of aryl methyl sites for hydroxylation is 1. The van der Waals surface area contributed by atoms with E-state index in [0.717, 1.165) is 0 Å². The lowest BCUT2D eigenvalue weighted by atomic mass is 10.3. The average molecular weight is 193 g/mol. The van der Waals surface area contributed by atoms with Crippen molar-refractivity contribution in [2.45, 2.75) is 6.92 Å². The van der Waals surface area contributed by atoms with Gasteiger partial charge < -0.3 is 0 Å². The zero-order valence-corrected chi connectivity index (χ0v) is 7.49. The Balaban J connectivity index is 2.54. The molecule has 14 heavy (non-hydrogen) atoms. The number of hydrogen-bond acceptors (Lipinski definition) is 2. The topological polar surface area (TPSA) is 50.7 Å². The molecule has 4 nitrogen and oxygen atoms in total. The van der Waals surface area contributed by atoms with Crippen molar-refractivity contribution in [1.29, 1.82) is 0 Å². The van der Waals surface area contributed by atoms with E-state index in [0.29, 0.717) is 11.5 Å². The highest BCUT2D eigenvalue weighted by atomic mass is 19.1. The summed E-state index contributed by atoms with van der Waals surface area (Å²) in [6.45, 7) is 1.70. The predicted molar refractivity (Wildman–Crippen MR) is 48.9 cm³/mol. The standard InChI is InChI=1S/C9H8FN3O/c1-6-11-9(14)12-13(6)8-4-2-7(10)3-5-8/h2-5H,1H3,(H,12,14). The van der Waals surface area contributed by atoms with Crippen LogP contribution in [-0.2, 0) is 0 Å². The maximum absolute atomic E-state index is 12.6. The molecule has 0 saturated carbocycles. The summed E-state index contributed by atoms with van der Waals surface area (Å²) in [5.74, 6) is 0.232. The van der Waals surface area contributed by atoms with Gasteiger partial charge in [0.05, 0.1) is 5.69 Å². The van der Waals surface area contributed by atoms with Crippen LogP contribution in [0.4, 0.5) is 4.39 Å². The lowest BCUT2D eigenvalue weighted by molar-refractivity contribution is 0.627. The summed E-state index contributed by atoms with van der Waals surface area (Å²) in [6.07, 6.45) is 0. The van der Waals surface area contributed by atoms with Crippen LogP contribution in [-0.4, -0.2) is 14.8 Å². The first-order valence-electron chi connectivity index (χ1n) is 4.08. The van der Waals surface area contributed by atoms with Gasteiger partial charge in [0.15, 0.2) is 0 Å². The summed E-state index contributed by atoms with van der Waals surface area (Å²) in [5, 5.41) is 2.51. The number of nitrogens with one attached hydrogen (secondary N) is 1. The first kappa shape index (κ1) is 8.68. The number of hydrogen-bond donors (Lipinski definition) is 1. The third-order valence-corrected chi connectivity index (χ3v) is 1.88. The quantitative estimate of drug-likeness (QED) is 0.734. The summed E-state index contributed by atoms with van der Waals surface area (Å²) in [6, 6.07) is 5.79. The Morgan fingerprint density at radius 2 is 2.00 bits per heavy atom. The van der Waals surface area contributed by atoms with Gasteiger partial charge in [-0.25, -0.2) is 19.0 Å². The van der Waals surface area contributed by atoms with Gasteiger partial charge in [-0.05, 0) is 31.2 Å². The minimum absolute atomic E-state index is 0.311. The number of aromatic nitrogens is 3. The fraction of sp³-hybridized carbons (Fsp3) is 0.111. The Kier molecular flexibility index (Phi) is 1.92. The van der Waals surface area contributed by atoms with Crippen molar-refractivity contribution in [1.82, 2.24) is 14.8 Å². The molecule has 0 atom stereocenters. The number of benzene rings is 1. The normalized spacial score (nSPS) is 10.4. The van der Waals surface area contributed by atoms with Crippen LogP contribution in [0.5, 0.6) is 0 Å². The lowest BCUT2D eigenvalue weighted by Gasteiger charge is -2.02. The zero-order valence-electron chi connectivity index (χ0n) is 7.49. The molecule has 0 aliphatic rings. The Hall–Kier alpha value is -1.91. The summed E-state index contributed by atoms with van der Waals surface area (Å²) in [7, 11) is 0. The molecule has 1 N–H and O–H groups in total. The van der Waals surface area contributed by atoms with E-state index in [1.807, 2.05) is 0 Å². The highest BCUT2D eigenvalue weighted by Crippen LogP contribution is 2.07. The Bertz CT molecular complexity index is 498. The number of aromatic amines is 1. The number of nitrogens with zero attached hydrogens (tertiary/aromatic N) is 2. The molecule has 0 saturated heterocycles. The van der Waals surface area contributed by atoms with Crippen molar-refractivity contribution in [2.75, 3.05) is 0 Å². The maximum Gasteiger partial charge on any atom is 0.361 e. The third-order valence-electron chi connectivity index (χ3n) is 1.88. The van der Waals surface area contributed by atoms with Gasteiger partial charge in [0, 0.05) is 0 Å². The maximum atomic E-state index is 12.6. The SMILES string of the molecule is Cc1nc(=O)[nH]n1-c1ccc(F)cc1. The molecule has 0 aliphatic carbocycles. The number of H-pyrrole nitrogens is 1. The predicted octanol–water partition coefficient (Wildman–Crippen LogP) is 1.01. The van der Waals surface area contributed by atoms with E-state index < -0.39 is 5.69 Å². The molecule has 1 aromatic heterocycles. The molecule has 0 unspecified atom stereocenters. The van der Waals surface area contributed by atoms with Gasteiger partial charge in [-0.2, -0.15) is 4.98 Å². The van der Waals surface area contributed by atoms with E-state index in [1.54, 1.807) is 19.1 Å². The van der Waals surface area contributed by atoms with Crippen molar-refractivity contribution in [3.63, 3.8) is 0 Å². The van der Waals surface area contributed by atoms with Crippen LogP contribution in [0.15, 0.2) is 29.1 Å². The monoisotopic (exact) mass is 193 g/mol. The Labute approximate surface area is 79.0 Å². The molecule has 0 spiro atoms. The highest BCUT2D eigenvalue weighted by molar-refractivity contribution is 5.31. The molecule has 0 aliphatic heterocycles. The van der Waals surface area contributed by atoms with Gasteiger partial charge in [-0.1, -0.05) is 0 Å². The zero-order chi connectivity index (χ0) is 10.1. The second-order valence-electron chi connectivity index (χ2n) is 2.89. The molecule has 0 bridgehead atoms. The van der Waals surface area contributed by atoms with E-state index in [2.05, 4.69) is 10.1 Å². The van der Waals surface area contributed by atoms with Crippen LogP contribution >= 0.6 is 0 Å². The van der Waals surface area contributed by atoms with Crippen LogP contribution in [0.25, 0.3) is 5.69 Å². The van der Waals surface area contributed by atoms with Gasteiger partial charge >= 0.3 is 5.69 Å². The summed E-state index contributed by atoms with van der Waals surface area (Å²) >= 11 is 0. The minimum Gasteiger partial charge on any atom is -0.244 e. The number of rotatable bonds is 1. The summed E-state index contributed by atoms with van der Waals surface area (Å²) in [4.78, 5) is 14.6. The summed E-state index contributed by atoms with van der Waals surface area (Å²) in [5.41, 5.74) is 0.269. The molecule has 72 valence electrons. The van der Waals surface area contributed by atoms with E-state index in [4.69, 9.17) is 0 Å². The molecule has 2 rings (SSSR count). The Morgan fingerprint density at radius 3 is 2.50 bits per heavy atom. The van der Waals surface area contributed by atoms with E-state index in [-0.39, 0.29) is 5.82 Å². The molecule has 5 heteroatoms. The molecule has 0 fully saturated rings. The second-order valence-corrected chi connectivity index (χ2v) is 2.89. The fourth-order valence-electron chi connectivity index (χ4n) is 1.24. The van der Waals surface area contributed by atoms with Crippen molar-refractivity contribution >= 4 is 0 Å². The van der Waals surface area contributed by atoms with Crippen molar-refractivity contribution < 1.29 is 4.39 Å². The fourth-order valence-corrected chi connectivity index (χ4v) is 1.24. The van der Waals surface area contributed by atoms with Crippen LogP contribution in [0, 0.1) is 12.7 Å². The molecular weight excluding hydrogens is 185 g/mol. The third kappa shape index (κ3) is 1.44. The molecule has 1 heterocycles. The largest absolute Gasteiger partial charge is 0.361 e. The molecule has 2 aromatic rings. The van der Waals surface area contributed by atoms with E-state index in [1.165, 1.54) is 16.8 Å². The molecule has 0 amide bonds. The van der Waals surface area contributed by atoms with Crippen LogP contribution in [0.2, 0.25) is 0 Å².